The van der Waals surface area contributed by atoms with Crippen LogP contribution >= 0.6 is 0 Å². The standard InChI is InChI=1S/C7H14N2O3S/c10-7(5-13(11)12)9-6-1-3-8-4-2-6/h6,8H,1-5H2,(H,9,10)(H,11,12). The monoisotopic (exact) mass is 206 g/mol. The van der Waals surface area contributed by atoms with Crippen LogP contribution in [0.25, 0.3) is 0 Å². The Morgan fingerprint density at radius 3 is 2.69 bits per heavy atom. The minimum Gasteiger partial charge on any atom is -0.352 e. The van der Waals surface area contributed by atoms with Gasteiger partial charge in [-0.3, -0.25) is 4.79 Å². The smallest absolute Gasteiger partial charge is 0.235 e. The topological polar surface area (TPSA) is 78.4 Å². The molecule has 0 saturated carbocycles. The van der Waals surface area contributed by atoms with E-state index in [4.69, 9.17) is 4.55 Å². The van der Waals surface area contributed by atoms with Crippen LogP contribution in [0.2, 0.25) is 0 Å². The molecule has 1 heterocycles. The number of hydrogen-bond acceptors (Lipinski definition) is 3. The number of hydrogen-bond donors (Lipinski definition) is 3. The molecular formula is C7H14N2O3S. The summed E-state index contributed by atoms with van der Waals surface area (Å²) < 4.78 is 18.7. The van der Waals surface area contributed by atoms with Gasteiger partial charge < -0.3 is 15.2 Å². The van der Waals surface area contributed by atoms with E-state index >= 15 is 0 Å². The van der Waals surface area contributed by atoms with Crippen LogP contribution in [0.1, 0.15) is 12.8 Å². The number of rotatable bonds is 3. The van der Waals surface area contributed by atoms with Gasteiger partial charge in [0.1, 0.15) is 5.75 Å². The van der Waals surface area contributed by atoms with Crippen LogP contribution in [0.4, 0.5) is 0 Å². The fourth-order valence-corrected chi connectivity index (χ4v) is 1.66. The van der Waals surface area contributed by atoms with Gasteiger partial charge in [0.25, 0.3) is 0 Å². The normalized spacial score (nSPS) is 21.0. The second-order valence-corrected chi connectivity index (χ2v) is 3.99. The lowest BCUT2D eigenvalue weighted by Gasteiger charge is -2.23. The SMILES string of the molecule is O=C(CS(=O)O)NC1CCNCC1. The van der Waals surface area contributed by atoms with Crippen molar-refractivity contribution in [3.8, 4) is 0 Å². The van der Waals surface area contributed by atoms with Gasteiger partial charge >= 0.3 is 0 Å². The third-order valence-corrected chi connectivity index (χ3v) is 2.47. The Bertz CT molecular complexity index is 204. The van der Waals surface area contributed by atoms with Gasteiger partial charge in [-0.2, -0.15) is 0 Å². The summed E-state index contributed by atoms with van der Waals surface area (Å²) in [5, 5.41) is 5.89. The molecule has 0 aliphatic carbocycles. The van der Waals surface area contributed by atoms with Crippen molar-refractivity contribution in [2.75, 3.05) is 18.8 Å². The maximum atomic E-state index is 11.0. The highest BCUT2D eigenvalue weighted by Crippen LogP contribution is 2.01. The molecule has 1 saturated heterocycles. The summed E-state index contributed by atoms with van der Waals surface area (Å²) in [7, 11) is 0. The van der Waals surface area contributed by atoms with Gasteiger partial charge in [-0.05, 0) is 25.9 Å². The number of carbonyl (C=O) groups excluding carboxylic acids is 1. The summed E-state index contributed by atoms with van der Waals surface area (Å²) in [6, 6.07) is 0.164. The van der Waals surface area contributed by atoms with Crippen molar-refractivity contribution in [2.24, 2.45) is 0 Å². The average Bonchev–Trinajstić information content (AvgIpc) is 2.04. The molecule has 76 valence electrons. The van der Waals surface area contributed by atoms with Gasteiger partial charge in [0.05, 0.1) is 0 Å². The molecule has 1 atom stereocenters. The van der Waals surface area contributed by atoms with E-state index in [1.807, 2.05) is 0 Å². The summed E-state index contributed by atoms with van der Waals surface area (Å²) in [6.07, 6.45) is 1.79. The van der Waals surface area contributed by atoms with Crippen LogP contribution in [-0.2, 0) is 15.9 Å². The lowest BCUT2D eigenvalue weighted by atomic mass is 10.1. The lowest BCUT2D eigenvalue weighted by Crippen LogP contribution is -2.44. The summed E-state index contributed by atoms with van der Waals surface area (Å²) in [4.78, 5) is 11.0. The summed E-state index contributed by atoms with van der Waals surface area (Å²) in [5.41, 5.74) is 0. The van der Waals surface area contributed by atoms with E-state index in [9.17, 15) is 9.00 Å². The van der Waals surface area contributed by atoms with E-state index < -0.39 is 11.1 Å². The molecule has 1 aliphatic rings. The van der Waals surface area contributed by atoms with Crippen molar-refractivity contribution in [1.82, 2.24) is 10.6 Å². The molecule has 0 aromatic carbocycles. The average molecular weight is 206 g/mol. The predicted molar refractivity (Wildman–Crippen MR) is 49.7 cm³/mol. The quantitative estimate of drug-likeness (QED) is 0.522. The van der Waals surface area contributed by atoms with E-state index in [0.717, 1.165) is 25.9 Å². The Morgan fingerprint density at radius 1 is 1.54 bits per heavy atom. The molecule has 1 fully saturated rings. The van der Waals surface area contributed by atoms with Gasteiger partial charge in [-0.1, -0.05) is 0 Å². The molecule has 0 bridgehead atoms. The molecule has 0 spiro atoms. The summed E-state index contributed by atoms with van der Waals surface area (Å²) in [5.74, 6) is -0.656. The number of nitrogens with one attached hydrogen (secondary N) is 2. The Hall–Kier alpha value is -0.460. The highest BCUT2D eigenvalue weighted by molar-refractivity contribution is 7.80. The minimum atomic E-state index is -2.03. The zero-order valence-electron chi connectivity index (χ0n) is 7.28. The summed E-state index contributed by atoms with van der Waals surface area (Å²) >= 11 is -2.03. The molecule has 13 heavy (non-hydrogen) atoms. The molecule has 1 unspecified atom stereocenters. The zero-order valence-corrected chi connectivity index (χ0v) is 8.10. The maximum absolute atomic E-state index is 11.0. The Morgan fingerprint density at radius 2 is 2.15 bits per heavy atom. The van der Waals surface area contributed by atoms with E-state index in [0.29, 0.717) is 0 Å². The van der Waals surface area contributed by atoms with Crippen molar-refractivity contribution in [3.63, 3.8) is 0 Å². The molecule has 6 heteroatoms. The van der Waals surface area contributed by atoms with E-state index in [2.05, 4.69) is 10.6 Å². The van der Waals surface area contributed by atoms with E-state index in [1.165, 1.54) is 0 Å². The third kappa shape index (κ3) is 4.35. The first-order valence-corrected chi connectivity index (χ1v) is 5.53. The maximum Gasteiger partial charge on any atom is 0.235 e. The van der Waals surface area contributed by atoms with Gasteiger partial charge in [0, 0.05) is 6.04 Å². The molecule has 1 amide bonds. The highest BCUT2D eigenvalue weighted by Gasteiger charge is 2.15. The largest absolute Gasteiger partial charge is 0.352 e. The first-order chi connectivity index (χ1) is 6.18. The van der Waals surface area contributed by atoms with Crippen LogP contribution in [0, 0.1) is 0 Å². The minimum absolute atomic E-state index is 0.164. The van der Waals surface area contributed by atoms with Gasteiger partial charge in [0.2, 0.25) is 5.91 Å². The fourth-order valence-electron chi connectivity index (χ4n) is 1.35. The Balaban J connectivity index is 2.22. The second-order valence-electron chi connectivity index (χ2n) is 3.06. The van der Waals surface area contributed by atoms with Gasteiger partial charge in [0.15, 0.2) is 11.1 Å². The van der Waals surface area contributed by atoms with Crippen molar-refractivity contribution in [3.05, 3.63) is 0 Å². The predicted octanol–water partition coefficient (Wildman–Crippen LogP) is -0.924. The number of amides is 1. The van der Waals surface area contributed by atoms with Gasteiger partial charge in [-0.15, -0.1) is 0 Å². The van der Waals surface area contributed by atoms with E-state index in [1.54, 1.807) is 0 Å². The summed E-state index contributed by atoms with van der Waals surface area (Å²) in [6.45, 7) is 1.79. The molecule has 0 radical (unpaired) electrons. The van der Waals surface area contributed by atoms with Crippen molar-refractivity contribution < 1.29 is 13.6 Å². The van der Waals surface area contributed by atoms with Crippen molar-refractivity contribution in [2.45, 2.75) is 18.9 Å². The van der Waals surface area contributed by atoms with Crippen LogP contribution in [0.3, 0.4) is 0 Å². The second kappa shape index (κ2) is 5.31. The molecule has 1 aliphatic heterocycles. The molecular weight excluding hydrogens is 192 g/mol. The zero-order chi connectivity index (χ0) is 9.68. The molecule has 5 nitrogen and oxygen atoms in total. The fraction of sp³-hybridized carbons (Fsp3) is 0.857. The third-order valence-electron chi connectivity index (χ3n) is 1.96. The molecule has 0 aromatic heterocycles. The van der Waals surface area contributed by atoms with Crippen molar-refractivity contribution in [1.29, 1.82) is 0 Å². The number of piperidine rings is 1. The van der Waals surface area contributed by atoms with E-state index in [-0.39, 0.29) is 17.7 Å². The van der Waals surface area contributed by atoms with Crippen LogP contribution in [0.15, 0.2) is 0 Å². The number of carbonyl (C=O) groups is 1. The molecule has 3 N–H and O–H groups in total. The first-order valence-electron chi connectivity index (χ1n) is 4.26. The Labute approximate surface area is 79.6 Å². The Kier molecular flexibility index (Phi) is 4.34. The van der Waals surface area contributed by atoms with Crippen molar-refractivity contribution >= 4 is 17.0 Å². The molecule has 0 aromatic rings. The van der Waals surface area contributed by atoms with Crippen LogP contribution in [0.5, 0.6) is 0 Å². The highest BCUT2D eigenvalue weighted by atomic mass is 32.2. The van der Waals surface area contributed by atoms with Crippen LogP contribution in [-0.4, -0.2) is 39.6 Å². The van der Waals surface area contributed by atoms with Gasteiger partial charge in [-0.25, -0.2) is 4.21 Å². The lowest BCUT2D eigenvalue weighted by molar-refractivity contribution is -0.119. The molecule has 1 rings (SSSR count). The first kappa shape index (κ1) is 10.6. The van der Waals surface area contributed by atoms with Crippen LogP contribution < -0.4 is 10.6 Å².